The maximum Gasteiger partial charge on any atom is 0.255 e. The molecule has 6 heteroatoms. The molecule has 1 saturated heterocycles. The average molecular weight is 308 g/mol. The molecule has 0 bridgehead atoms. The summed E-state index contributed by atoms with van der Waals surface area (Å²) in [7, 11) is 1.58. The zero-order valence-electron chi connectivity index (χ0n) is 12.5. The molecule has 0 saturated carbocycles. The van der Waals surface area contributed by atoms with E-state index in [0.717, 1.165) is 0 Å². The smallest absolute Gasteiger partial charge is 0.255 e. The number of rotatable bonds is 4. The molecule has 1 aliphatic heterocycles. The van der Waals surface area contributed by atoms with E-state index in [0.29, 0.717) is 22.9 Å². The lowest BCUT2D eigenvalue weighted by Gasteiger charge is -2.24. The van der Waals surface area contributed by atoms with Crippen LogP contribution in [0.5, 0.6) is 5.75 Å². The first kappa shape index (κ1) is 15.7. The predicted octanol–water partition coefficient (Wildman–Crippen LogP) is 1.73. The Balaban J connectivity index is 2.11. The molecule has 1 aromatic carbocycles. The van der Waals surface area contributed by atoms with Gasteiger partial charge >= 0.3 is 0 Å². The molecule has 1 aliphatic rings. The Bertz CT molecular complexity index is 516. The third-order valence-corrected chi connectivity index (χ3v) is 4.23. The topological polar surface area (TPSA) is 58.6 Å². The zero-order valence-corrected chi connectivity index (χ0v) is 13.3. The largest absolute Gasteiger partial charge is 0.497 e. The molecule has 0 aromatic heterocycles. The van der Waals surface area contributed by atoms with Gasteiger partial charge in [-0.2, -0.15) is 0 Å². The van der Waals surface area contributed by atoms with Crippen molar-refractivity contribution in [1.82, 2.24) is 10.2 Å². The average Bonchev–Trinajstić information content (AvgIpc) is 2.95. The van der Waals surface area contributed by atoms with Gasteiger partial charge in [-0.05, 0) is 38.1 Å². The summed E-state index contributed by atoms with van der Waals surface area (Å²) >= 11 is 1.60. The number of nitrogens with one attached hydrogen (secondary N) is 1. The van der Waals surface area contributed by atoms with Crippen LogP contribution in [0.3, 0.4) is 0 Å². The quantitative estimate of drug-likeness (QED) is 0.920. The van der Waals surface area contributed by atoms with E-state index in [-0.39, 0.29) is 17.9 Å². The molecule has 2 amide bonds. The first-order valence-corrected chi connectivity index (χ1v) is 8.01. The third kappa shape index (κ3) is 3.69. The fourth-order valence-electron chi connectivity index (χ4n) is 2.14. The standard InChI is InChI=1S/C15H20N2O3S/c1-10(2)16-14(18)13-8-21-9-17(13)15(19)11-4-6-12(20-3)7-5-11/h4-7,10,13H,8-9H2,1-3H3,(H,16,18). The van der Waals surface area contributed by atoms with E-state index < -0.39 is 6.04 Å². The van der Waals surface area contributed by atoms with Crippen LogP contribution in [0, 0.1) is 0 Å². The number of nitrogens with zero attached hydrogens (tertiary/aromatic N) is 1. The highest BCUT2D eigenvalue weighted by atomic mass is 32.2. The van der Waals surface area contributed by atoms with Crippen LogP contribution in [0.15, 0.2) is 24.3 Å². The number of hydrogen-bond acceptors (Lipinski definition) is 4. The Morgan fingerprint density at radius 2 is 2.00 bits per heavy atom. The summed E-state index contributed by atoms with van der Waals surface area (Å²) in [6, 6.07) is 6.62. The number of ether oxygens (including phenoxy) is 1. The van der Waals surface area contributed by atoms with E-state index in [2.05, 4.69) is 5.32 Å². The second-order valence-corrected chi connectivity index (χ2v) is 6.18. The molecule has 2 rings (SSSR count). The first-order valence-electron chi connectivity index (χ1n) is 6.86. The molecule has 0 aliphatic carbocycles. The van der Waals surface area contributed by atoms with Crippen LogP contribution < -0.4 is 10.1 Å². The minimum atomic E-state index is -0.396. The van der Waals surface area contributed by atoms with E-state index in [9.17, 15) is 9.59 Å². The SMILES string of the molecule is COc1ccc(C(=O)N2CSCC2C(=O)NC(C)C)cc1. The molecular weight excluding hydrogens is 288 g/mol. The van der Waals surface area contributed by atoms with Crippen LogP contribution in [0.2, 0.25) is 0 Å². The van der Waals surface area contributed by atoms with Crippen molar-refractivity contribution in [2.45, 2.75) is 25.9 Å². The van der Waals surface area contributed by atoms with E-state index >= 15 is 0 Å². The van der Waals surface area contributed by atoms with E-state index in [1.165, 1.54) is 0 Å². The molecular formula is C15H20N2O3S. The number of amides is 2. The van der Waals surface area contributed by atoms with Gasteiger partial charge in [0.05, 0.1) is 13.0 Å². The number of benzene rings is 1. The lowest BCUT2D eigenvalue weighted by atomic mass is 10.1. The lowest BCUT2D eigenvalue weighted by molar-refractivity contribution is -0.124. The van der Waals surface area contributed by atoms with Gasteiger partial charge in [-0.1, -0.05) is 0 Å². The van der Waals surface area contributed by atoms with Gasteiger partial charge in [-0.25, -0.2) is 0 Å². The highest BCUT2D eigenvalue weighted by molar-refractivity contribution is 7.99. The van der Waals surface area contributed by atoms with Crippen LogP contribution in [-0.4, -0.2) is 47.5 Å². The number of carbonyl (C=O) groups is 2. The lowest BCUT2D eigenvalue weighted by Crippen LogP contribution is -2.48. The molecule has 5 nitrogen and oxygen atoms in total. The van der Waals surface area contributed by atoms with Crippen LogP contribution in [-0.2, 0) is 4.79 Å². The molecule has 0 spiro atoms. The molecule has 1 atom stereocenters. The van der Waals surface area contributed by atoms with Crippen molar-refractivity contribution in [3.8, 4) is 5.75 Å². The summed E-state index contributed by atoms with van der Waals surface area (Å²) in [5, 5.41) is 2.87. The van der Waals surface area contributed by atoms with Crippen LogP contribution in [0.4, 0.5) is 0 Å². The highest BCUT2D eigenvalue weighted by Crippen LogP contribution is 2.24. The Hall–Kier alpha value is -1.69. The van der Waals surface area contributed by atoms with Crippen molar-refractivity contribution in [2.24, 2.45) is 0 Å². The fraction of sp³-hybridized carbons (Fsp3) is 0.467. The zero-order chi connectivity index (χ0) is 15.4. The van der Waals surface area contributed by atoms with Crippen LogP contribution in [0.25, 0.3) is 0 Å². The van der Waals surface area contributed by atoms with E-state index in [1.807, 2.05) is 13.8 Å². The van der Waals surface area contributed by atoms with Gasteiger partial charge in [-0.3, -0.25) is 9.59 Å². The summed E-state index contributed by atoms with van der Waals surface area (Å²) in [4.78, 5) is 26.3. The second kappa shape index (κ2) is 6.85. The number of thioether (sulfide) groups is 1. The van der Waals surface area contributed by atoms with Gasteiger partial charge in [0.15, 0.2) is 0 Å². The second-order valence-electron chi connectivity index (χ2n) is 5.18. The number of carbonyl (C=O) groups excluding carboxylic acids is 2. The molecule has 114 valence electrons. The molecule has 1 unspecified atom stereocenters. The summed E-state index contributed by atoms with van der Waals surface area (Å²) < 4.78 is 5.08. The van der Waals surface area contributed by atoms with Gasteiger partial charge in [0.25, 0.3) is 5.91 Å². The highest BCUT2D eigenvalue weighted by Gasteiger charge is 2.35. The minimum Gasteiger partial charge on any atom is -0.497 e. The first-order chi connectivity index (χ1) is 10.0. The summed E-state index contributed by atoms with van der Waals surface area (Å²) in [6.07, 6.45) is 0. The predicted molar refractivity (Wildman–Crippen MR) is 83.6 cm³/mol. The summed E-state index contributed by atoms with van der Waals surface area (Å²) in [6.45, 7) is 3.82. The van der Waals surface area contributed by atoms with Gasteiger partial charge in [0.1, 0.15) is 11.8 Å². The molecule has 0 radical (unpaired) electrons. The normalized spacial score (nSPS) is 17.9. The van der Waals surface area contributed by atoms with Gasteiger partial charge in [-0.15, -0.1) is 11.8 Å². The molecule has 1 aromatic rings. The van der Waals surface area contributed by atoms with Crippen molar-refractivity contribution in [2.75, 3.05) is 18.7 Å². The van der Waals surface area contributed by atoms with Gasteiger partial charge in [0.2, 0.25) is 5.91 Å². The van der Waals surface area contributed by atoms with E-state index in [1.54, 1.807) is 48.0 Å². The molecule has 1 fully saturated rings. The number of hydrogen-bond donors (Lipinski definition) is 1. The van der Waals surface area contributed by atoms with Crippen molar-refractivity contribution in [3.63, 3.8) is 0 Å². The Kier molecular flexibility index (Phi) is 5.12. The molecule has 1 N–H and O–H groups in total. The fourth-order valence-corrected chi connectivity index (χ4v) is 3.29. The molecule has 1 heterocycles. The van der Waals surface area contributed by atoms with Crippen molar-refractivity contribution < 1.29 is 14.3 Å². The van der Waals surface area contributed by atoms with Crippen molar-refractivity contribution >= 4 is 23.6 Å². The number of methoxy groups -OCH3 is 1. The van der Waals surface area contributed by atoms with Crippen LogP contribution >= 0.6 is 11.8 Å². The van der Waals surface area contributed by atoms with Crippen LogP contribution in [0.1, 0.15) is 24.2 Å². The Morgan fingerprint density at radius 3 is 2.57 bits per heavy atom. The van der Waals surface area contributed by atoms with Crippen molar-refractivity contribution in [3.05, 3.63) is 29.8 Å². The minimum absolute atomic E-state index is 0.0704. The molecule has 21 heavy (non-hydrogen) atoms. The maximum atomic E-state index is 12.5. The van der Waals surface area contributed by atoms with Gasteiger partial charge in [0, 0.05) is 17.4 Å². The monoisotopic (exact) mass is 308 g/mol. The summed E-state index contributed by atoms with van der Waals surface area (Å²) in [5.41, 5.74) is 0.570. The Labute approximate surface area is 129 Å². The van der Waals surface area contributed by atoms with Gasteiger partial charge < -0.3 is 15.0 Å². The Morgan fingerprint density at radius 1 is 1.33 bits per heavy atom. The summed E-state index contributed by atoms with van der Waals surface area (Å²) in [5.74, 6) is 1.68. The van der Waals surface area contributed by atoms with Crippen molar-refractivity contribution in [1.29, 1.82) is 0 Å². The third-order valence-electron chi connectivity index (χ3n) is 3.21. The maximum absolute atomic E-state index is 12.5. The van der Waals surface area contributed by atoms with E-state index in [4.69, 9.17) is 4.74 Å².